The highest BCUT2D eigenvalue weighted by Crippen LogP contribution is 2.23. The van der Waals surface area contributed by atoms with Crippen LogP contribution in [0, 0.1) is 0 Å². The molecule has 8 heteroatoms. The molecule has 25 heavy (non-hydrogen) atoms. The Labute approximate surface area is 150 Å². The highest BCUT2D eigenvalue weighted by Gasteiger charge is 2.29. The van der Waals surface area contributed by atoms with E-state index in [1.54, 1.807) is 7.05 Å². The molecule has 1 unspecified atom stereocenters. The third-order valence-corrected chi connectivity index (χ3v) is 5.64. The van der Waals surface area contributed by atoms with E-state index in [1.165, 1.54) is 7.05 Å². The van der Waals surface area contributed by atoms with Gasteiger partial charge in [-0.15, -0.1) is 0 Å². The Bertz CT molecular complexity index is 680. The molecule has 1 aliphatic heterocycles. The largest absolute Gasteiger partial charge is 0.373 e. The maximum absolute atomic E-state index is 11.6. The van der Waals surface area contributed by atoms with Gasteiger partial charge in [-0.25, -0.2) is 13.1 Å². The monoisotopic (exact) mass is 368 g/mol. The van der Waals surface area contributed by atoms with Crippen molar-refractivity contribution in [2.45, 2.75) is 37.7 Å². The second-order valence-electron chi connectivity index (χ2n) is 6.46. The summed E-state index contributed by atoms with van der Waals surface area (Å²) in [7, 11) is -0.0881. The Kier molecular flexibility index (Phi) is 6.80. The quantitative estimate of drug-likeness (QED) is 0.493. The molecule has 0 radical (unpaired) electrons. The van der Waals surface area contributed by atoms with E-state index in [2.05, 4.69) is 27.3 Å². The SMILES string of the molecule is CN=C(NCc1ccc(CS(=O)(=O)NC)cc1)NCC1(C)CCCO1. The molecule has 140 valence electrons. The number of rotatable bonds is 7. The molecule has 1 aliphatic rings. The van der Waals surface area contributed by atoms with E-state index in [0.29, 0.717) is 13.1 Å². The fraction of sp³-hybridized carbons (Fsp3) is 0.588. The van der Waals surface area contributed by atoms with Gasteiger partial charge in [-0.3, -0.25) is 4.99 Å². The average Bonchev–Trinajstić information content (AvgIpc) is 3.03. The fourth-order valence-corrected chi connectivity index (χ4v) is 3.47. The summed E-state index contributed by atoms with van der Waals surface area (Å²) in [6.45, 7) is 4.25. The lowest BCUT2D eigenvalue weighted by Gasteiger charge is -2.24. The molecule has 0 spiro atoms. The summed E-state index contributed by atoms with van der Waals surface area (Å²) in [5.74, 6) is 0.706. The van der Waals surface area contributed by atoms with Gasteiger partial charge in [-0.1, -0.05) is 24.3 Å². The van der Waals surface area contributed by atoms with Crippen molar-refractivity contribution in [3.8, 4) is 0 Å². The van der Waals surface area contributed by atoms with Gasteiger partial charge in [0.1, 0.15) is 0 Å². The number of nitrogens with zero attached hydrogens (tertiary/aromatic N) is 1. The molecule has 1 saturated heterocycles. The Hall–Kier alpha value is -1.64. The van der Waals surface area contributed by atoms with Crippen molar-refractivity contribution in [3.63, 3.8) is 0 Å². The molecule has 7 nitrogen and oxygen atoms in total. The van der Waals surface area contributed by atoms with Gasteiger partial charge in [0, 0.05) is 26.7 Å². The van der Waals surface area contributed by atoms with E-state index in [-0.39, 0.29) is 11.4 Å². The summed E-state index contributed by atoms with van der Waals surface area (Å²) in [6.07, 6.45) is 2.15. The number of benzene rings is 1. The van der Waals surface area contributed by atoms with Crippen molar-refractivity contribution in [3.05, 3.63) is 35.4 Å². The van der Waals surface area contributed by atoms with Crippen LogP contribution in [-0.4, -0.2) is 47.2 Å². The summed E-state index contributed by atoms with van der Waals surface area (Å²) in [4.78, 5) is 4.22. The number of ether oxygens (including phenoxy) is 1. The second-order valence-corrected chi connectivity index (χ2v) is 8.39. The summed E-state index contributed by atoms with van der Waals surface area (Å²) in [6, 6.07) is 7.50. The number of aliphatic imine (C=N–C) groups is 1. The minimum atomic E-state index is -3.24. The highest BCUT2D eigenvalue weighted by atomic mass is 32.2. The lowest BCUT2D eigenvalue weighted by atomic mass is 10.0. The van der Waals surface area contributed by atoms with Gasteiger partial charge >= 0.3 is 0 Å². The topological polar surface area (TPSA) is 91.8 Å². The van der Waals surface area contributed by atoms with E-state index >= 15 is 0 Å². The predicted octanol–water partition coefficient (Wildman–Crippen LogP) is 0.970. The van der Waals surface area contributed by atoms with Crippen molar-refractivity contribution in [1.82, 2.24) is 15.4 Å². The Morgan fingerprint density at radius 1 is 1.24 bits per heavy atom. The zero-order valence-corrected chi connectivity index (χ0v) is 15.9. The van der Waals surface area contributed by atoms with Crippen LogP contribution in [-0.2, 0) is 27.1 Å². The zero-order chi connectivity index (χ0) is 18.3. The Morgan fingerprint density at radius 3 is 2.48 bits per heavy atom. The van der Waals surface area contributed by atoms with Gasteiger partial charge in [0.25, 0.3) is 0 Å². The molecule has 0 aliphatic carbocycles. The number of nitrogens with one attached hydrogen (secondary N) is 3. The van der Waals surface area contributed by atoms with Gasteiger partial charge in [0.15, 0.2) is 5.96 Å². The molecule has 2 rings (SSSR count). The summed E-state index contributed by atoms with van der Waals surface area (Å²) in [5, 5.41) is 6.56. The van der Waals surface area contributed by atoms with Gasteiger partial charge in [0.2, 0.25) is 10.0 Å². The van der Waals surface area contributed by atoms with Crippen LogP contribution >= 0.6 is 0 Å². The van der Waals surface area contributed by atoms with Crippen LogP contribution in [0.4, 0.5) is 0 Å². The number of hydrogen-bond acceptors (Lipinski definition) is 4. The van der Waals surface area contributed by atoms with Crippen LogP contribution in [0.1, 0.15) is 30.9 Å². The van der Waals surface area contributed by atoms with Crippen LogP contribution in [0.2, 0.25) is 0 Å². The van der Waals surface area contributed by atoms with Crippen molar-refractivity contribution in [1.29, 1.82) is 0 Å². The summed E-state index contributed by atoms with van der Waals surface area (Å²) < 4.78 is 31.2. The third kappa shape index (κ3) is 6.30. The molecule has 0 saturated carbocycles. The smallest absolute Gasteiger partial charge is 0.215 e. The van der Waals surface area contributed by atoms with Crippen LogP contribution < -0.4 is 15.4 Å². The normalized spacial score (nSPS) is 21.3. The van der Waals surface area contributed by atoms with Gasteiger partial charge in [0.05, 0.1) is 11.4 Å². The fourth-order valence-electron chi connectivity index (χ4n) is 2.70. The molecular weight excluding hydrogens is 340 g/mol. The lowest BCUT2D eigenvalue weighted by molar-refractivity contribution is 0.0243. The molecule has 1 heterocycles. The van der Waals surface area contributed by atoms with Crippen LogP contribution in [0.25, 0.3) is 0 Å². The van der Waals surface area contributed by atoms with Crippen molar-refractivity contribution in [2.24, 2.45) is 4.99 Å². The van der Waals surface area contributed by atoms with Crippen LogP contribution in [0.3, 0.4) is 0 Å². The first-order valence-electron chi connectivity index (χ1n) is 8.43. The molecule has 1 atom stereocenters. The van der Waals surface area contributed by atoms with E-state index in [9.17, 15) is 8.42 Å². The standard InChI is InChI=1S/C17H28N4O3S/c1-17(9-4-10-24-17)13-21-16(18-2)20-11-14-5-7-15(8-6-14)12-25(22,23)19-3/h5-8,19H,4,9-13H2,1-3H3,(H2,18,20,21). The van der Waals surface area contributed by atoms with Crippen LogP contribution in [0.15, 0.2) is 29.3 Å². The van der Waals surface area contributed by atoms with Gasteiger partial charge in [-0.05, 0) is 37.9 Å². The van der Waals surface area contributed by atoms with Crippen molar-refractivity contribution in [2.75, 3.05) is 27.2 Å². The zero-order valence-electron chi connectivity index (χ0n) is 15.1. The third-order valence-electron chi connectivity index (χ3n) is 4.30. The maximum Gasteiger partial charge on any atom is 0.215 e. The lowest BCUT2D eigenvalue weighted by Crippen LogP contribution is -2.45. The summed E-state index contributed by atoms with van der Waals surface area (Å²) >= 11 is 0. The minimum Gasteiger partial charge on any atom is -0.373 e. The molecule has 1 fully saturated rings. The second kappa shape index (κ2) is 8.64. The van der Waals surface area contributed by atoms with E-state index in [1.807, 2.05) is 24.3 Å². The van der Waals surface area contributed by atoms with Crippen molar-refractivity contribution < 1.29 is 13.2 Å². The van der Waals surface area contributed by atoms with Crippen LogP contribution in [0.5, 0.6) is 0 Å². The molecule has 3 N–H and O–H groups in total. The van der Waals surface area contributed by atoms with E-state index in [0.717, 1.165) is 36.5 Å². The maximum atomic E-state index is 11.6. The predicted molar refractivity (Wildman–Crippen MR) is 99.9 cm³/mol. The number of sulfonamides is 1. The molecule has 1 aromatic carbocycles. The van der Waals surface area contributed by atoms with Crippen molar-refractivity contribution >= 4 is 16.0 Å². The molecule has 1 aromatic rings. The Morgan fingerprint density at radius 2 is 1.92 bits per heavy atom. The highest BCUT2D eigenvalue weighted by molar-refractivity contribution is 7.88. The molecule has 0 amide bonds. The minimum absolute atomic E-state index is 0.0149. The van der Waals surface area contributed by atoms with Gasteiger partial charge in [-0.2, -0.15) is 0 Å². The molecule has 0 aromatic heterocycles. The van der Waals surface area contributed by atoms with Gasteiger partial charge < -0.3 is 15.4 Å². The van der Waals surface area contributed by atoms with E-state index < -0.39 is 10.0 Å². The number of guanidine groups is 1. The first-order chi connectivity index (χ1) is 11.9. The Balaban J connectivity index is 1.83. The summed E-state index contributed by atoms with van der Waals surface area (Å²) in [5.41, 5.74) is 1.68. The molecule has 0 bridgehead atoms. The average molecular weight is 369 g/mol. The number of hydrogen-bond donors (Lipinski definition) is 3. The first kappa shape index (κ1) is 19.7. The van der Waals surface area contributed by atoms with E-state index in [4.69, 9.17) is 4.74 Å². The molecular formula is C17H28N4O3S. The first-order valence-corrected chi connectivity index (χ1v) is 10.1.